The van der Waals surface area contributed by atoms with E-state index in [4.69, 9.17) is 0 Å². The molecule has 0 aliphatic carbocycles. The number of carbonyl (C=O) groups excluding carboxylic acids is 1. The fraction of sp³-hybridized carbons (Fsp3) is 0.647. The van der Waals surface area contributed by atoms with Crippen LogP contribution in [0, 0.1) is 5.92 Å². The van der Waals surface area contributed by atoms with Gasteiger partial charge in [0.2, 0.25) is 0 Å². The molecule has 0 saturated carbocycles. The van der Waals surface area contributed by atoms with Gasteiger partial charge in [-0.3, -0.25) is 9.78 Å². The van der Waals surface area contributed by atoms with Crippen LogP contribution in [0.5, 0.6) is 0 Å². The Labute approximate surface area is 156 Å². The molecule has 1 amide bonds. The van der Waals surface area contributed by atoms with Gasteiger partial charge in [0.05, 0.1) is 11.3 Å². The number of nitrogens with zero attached hydrogens (tertiary/aromatic N) is 3. The van der Waals surface area contributed by atoms with E-state index in [0.717, 1.165) is 30.5 Å². The summed E-state index contributed by atoms with van der Waals surface area (Å²) in [6.07, 6.45) is 6.28. The summed E-state index contributed by atoms with van der Waals surface area (Å²) in [5.74, 6) is 0.258. The van der Waals surface area contributed by atoms with E-state index in [2.05, 4.69) is 25.8 Å². The molecule has 4 heterocycles. The summed E-state index contributed by atoms with van der Waals surface area (Å²) in [6.45, 7) is 3.62. The summed E-state index contributed by atoms with van der Waals surface area (Å²) in [7, 11) is -3.14. The van der Waals surface area contributed by atoms with Gasteiger partial charge in [0, 0.05) is 36.5 Å². The molecule has 1 unspecified atom stereocenters. The van der Waals surface area contributed by atoms with Crippen molar-refractivity contribution >= 4 is 31.7 Å². The zero-order chi connectivity index (χ0) is 17.7. The molecule has 3 fully saturated rings. The van der Waals surface area contributed by atoms with E-state index in [1.54, 1.807) is 17.2 Å². The Balaban J connectivity index is 1.50. The van der Waals surface area contributed by atoms with Gasteiger partial charge in [-0.1, -0.05) is 0 Å². The normalized spacial score (nSPS) is 27.6. The van der Waals surface area contributed by atoms with Crippen molar-refractivity contribution in [3.8, 4) is 0 Å². The third-order valence-electron chi connectivity index (χ3n) is 5.93. The van der Waals surface area contributed by atoms with Gasteiger partial charge in [-0.2, -0.15) is 0 Å². The van der Waals surface area contributed by atoms with Gasteiger partial charge in [0.1, 0.15) is 4.75 Å². The molecule has 136 valence electrons. The SMILES string of the molecule is O=C(c1cncc(Br)c1)N1CC2(C1)C(CN1CCCC1)CCS2(=O)=O. The molecule has 1 aromatic heterocycles. The molecule has 3 saturated heterocycles. The number of sulfone groups is 1. The van der Waals surface area contributed by atoms with Gasteiger partial charge < -0.3 is 9.80 Å². The first-order valence-electron chi connectivity index (χ1n) is 8.76. The Morgan fingerprint density at radius 1 is 1.28 bits per heavy atom. The molecule has 0 radical (unpaired) electrons. The van der Waals surface area contributed by atoms with Crippen molar-refractivity contribution in [2.24, 2.45) is 5.92 Å². The molecule has 4 rings (SSSR count). The molecule has 0 bridgehead atoms. The van der Waals surface area contributed by atoms with E-state index < -0.39 is 14.6 Å². The van der Waals surface area contributed by atoms with Crippen molar-refractivity contribution in [3.63, 3.8) is 0 Å². The Morgan fingerprint density at radius 2 is 2.00 bits per heavy atom. The lowest BCUT2D eigenvalue weighted by Gasteiger charge is -2.50. The van der Waals surface area contributed by atoms with E-state index in [0.29, 0.717) is 18.7 Å². The highest BCUT2D eigenvalue weighted by molar-refractivity contribution is 9.10. The maximum atomic E-state index is 12.7. The number of aromatic nitrogens is 1. The number of hydrogen-bond donors (Lipinski definition) is 0. The second-order valence-corrected chi connectivity index (χ2v) is 10.8. The third kappa shape index (κ3) is 2.92. The molecule has 1 atom stereocenters. The molecule has 3 aliphatic rings. The summed E-state index contributed by atoms with van der Waals surface area (Å²) in [5, 5.41) is 0. The van der Waals surface area contributed by atoms with Crippen LogP contribution in [0.1, 0.15) is 29.6 Å². The van der Waals surface area contributed by atoms with Crippen LogP contribution in [0.2, 0.25) is 0 Å². The summed E-state index contributed by atoms with van der Waals surface area (Å²) < 4.78 is 25.5. The van der Waals surface area contributed by atoms with Crippen molar-refractivity contribution in [3.05, 3.63) is 28.5 Å². The van der Waals surface area contributed by atoms with E-state index in [1.807, 2.05) is 0 Å². The van der Waals surface area contributed by atoms with Gasteiger partial charge in [0.15, 0.2) is 9.84 Å². The average Bonchev–Trinajstić information content (AvgIpc) is 3.12. The fourth-order valence-corrected chi connectivity index (χ4v) is 7.23. The Bertz CT molecular complexity index is 786. The Kier molecular flexibility index (Phi) is 4.40. The van der Waals surface area contributed by atoms with E-state index in [1.165, 1.54) is 19.0 Å². The zero-order valence-corrected chi connectivity index (χ0v) is 16.4. The van der Waals surface area contributed by atoms with Crippen LogP contribution >= 0.6 is 15.9 Å². The van der Waals surface area contributed by atoms with Crippen LogP contribution in [-0.2, 0) is 9.84 Å². The molecule has 1 aromatic rings. The summed E-state index contributed by atoms with van der Waals surface area (Å²) in [4.78, 5) is 20.7. The lowest BCUT2D eigenvalue weighted by atomic mass is 9.82. The second-order valence-electron chi connectivity index (χ2n) is 7.43. The topological polar surface area (TPSA) is 70.6 Å². The summed E-state index contributed by atoms with van der Waals surface area (Å²) in [6, 6.07) is 1.73. The quantitative estimate of drug-likeness (QED) is 0.731. The van der Waals surface area contributed by atoms with Crippen molar-refractivity contribution in [1.82, 2.24) is 14.8 Å². The number of rotatable bonds is 3. The zero-order valence-electron chi connectivity index (χ0n) is 14.0. The van der Waals surface area contributed by atoms with Gasteiger partial charge in [-0.15, -0.1) is 0 Å². The van der Waals surface area contributed by atoms with Gasteiger partial charge in [-0.05, 0) is 60.3 Å². The average molecular weight is 428 g/mol. The fourth-order valence-electron chi connectivity index (χ4n) is 4.46. The predicted molar refractivity (Wildman–Crippen MR) is 98.1 cm³/mol. The highest BCUT2D eigenvalue weighted by Gasteiger charge is 2.62. The maximum absolute atomic E-state index is 12.7. The highest BCUT2D eigenvalue weighted by atomic mass is 79.9. The predicted octanol–water partition coefficient (Wildman–Crippen LogP) is 1.57. The first-order chi connectivity index (χ1) is 11.9. The van der Waals surface area contributed by atoms with Crippen molar-refractivity contribution in [2.75, 3.05) is 38.5 Å². The number of amides is 1. The minimum absolute atomic E-state index is 0.138. The number of halogens is 1. The van der Waals surface area contributed by atoms with Crippen molar-refractivity contribution in [1.29, 1.82) is 0 Å². The van der Waals surface area contributed by atoms with Gasteiger partial charge in [0.25, 0.3) is 5.91 Å². The van der Waals surface area contributed by atoms with Gasteiger partial charge >= 0.3 is 0 Å². The largest absolute Gasteiger partial charge is 0.335 e. The van der Waals surface area contributed by atoms with Crippen LogP contribution < -0.4 is 0 Å². The summed E-state index contributed by atoms with van der Waals surface area (Å²) in [5.41, 5.74) is 0.496. The van der Waals surface area contributed by atoms with Crippen LogP contribution in [0.25, 0.3) is 0 Å². The van der Waals surface area contributed by atoms with Crippen molar-refractivity contribution < 1.29 is 13.2 Å². The standard InChI is InChI=1S/C17H22BrN3O3S/c18-15-7-13(8-19-9-15)16(22)21-11-17(12-21)14(3-6-25(17,23)24)10-20-4-1-2-5-20/h7-9,14H,1-6,10-12H2. The Morgan fingerprint density at radius 3 is 2.68 bits per heavy atom. The number of hydrogen-bond acceptors (Lipinski definition) is 5. The summed E-state index contributed by atoms with van der Waals surface area (Å²) >= 11 is 3.32. The van der Waals surface area contributed by atoms with Crippen LogP contribution in [0.3, 0.4) is 0 Å². The van der Waals surface area contributed by atoms with E-state index in [9.17, 15) is 13.2 Å². The molecule has 0 aromatic carbocycles. The van der Waals surface area contributed by atoms with Crippen LogP contribution in [0.15, 0.2) is 22.9 Å². The molecule has 1 spiro atoms. The maximum Gasteiger partial charge on any atom is 0.255 e. The van der Waals surface area contributed by atoms with E-state index >= 15 is 0 Å². The number of carbonyl (C=O) groups is 1. The lowest BCUT2D eigenvalue weighted by molar-refractivity contribution is 0.0432. The number of likely N-dealkylation sites (tertiary alicyclic amines) is 2. The Hall–Kier alpha value is -0.990. The van der Waals surface area contributed by atoms with Crippen LogP contribution in [0.4, 0.5) is 0 Å². The first-order valence-corrected chi connectivity index (χ1v) is 11.2. The molecular formula is C17H22BrN3O3S. The first kappa shape index (κ1) is 17.4. The van der Waals surface area contributed by atoms with Crippen molar-refractivity contribution in [2.45, 2.75) is 24.0 Å². The minimum atomic E-state index is -3.14. The molecule has 0 N–H and O–H groups in total. The van der Waals surface area contributed by atoms with E-state index in [-0.39, 0.29) is 17.6 Å². The molecule has 8 heteroatoms. The molecule has 3 aliphatic heterocycles. The smallest absolute Gasteiger partial charge is 0.255 e. The molecule has 25 heavy (non-hydrogen) atoms. The van der Waals surface area contributed by atoms with Crippen LogP contribution in [-0.4, -0.2) is 72.3 Å². The molecule has 6 nitrogen and oxygen atoms in total. The highest BCUT2D eigenvalue weighted by Crippen LogP contribution is 2.45. The minimum Gasteiger partial charge on any atom is -0.335 e. The lowest BCUT2D eigenvalue weighted by Crippen LogP contribution is -2.69. The third-order valence-corrected chi connectivity index (χ3v) is 8.97. The second kappa shape index (κ2) is 6.32. The monoisotopic (exact) mass is 427 g/mol. The molecular weight excluding hydrogens is 406 g/mol. The van der Waals surface area contributed by atoms with Gasteiger partial charge in [-0.25, -0.2) is 8.42 Å². The number of pyridine rings is 1.